The molecule has 0 fully saturated rings. The maximum absolute atomic E-state index is 11.6. The van der Waals surface area contributed by atoms with Crippen molar-refractivity contribution in [3.8, 4) is 0 Å². The summed E-state index contributed by atoms with van der Waals surface area (Å²) in [6, 6.07) is 0. The summed E-state index contributed by atoms with van der Waals surface area (Å²) in [6.45, 7) is 4.40. The van der Waals surface area contributed by atoms with Crippen molar-refractivity contribution in [1.29, 1.82) is 0 Å². The van der Waals surface area contributed by atoms with Crippen LogP contribution in [-0.2, 0) is 10.1 Å². The SMILES string of the molecule is CCCCCCCCC(CCCCCCCC(O)CCCCCCC)S(=O)(=O)O. The van der Waals surface area contributed by atoms with Crippen LogP contribution in [0.15, 0.2) is 0 Å². The van der Waals surface area contributed by atoms with Crippen LogP contribution in [0.5, 0.6) is 0 Å². The minimum Gasteiger partial charge on any atom is -0.393 e. The Morgan fingerprint density at radius 3 is 1.21 bits per heavy atom. The van der Waals surface area contributed by atoms with Gasteiger partial charge in [0.1, 0.15) is 0 Å². The van der Waals surface area contributed by atoms with Crippen molar-refractivity contribution in [3.05, 3.63) is 0 Å². The molecule has 4 nitrogen and oxygen atoms in total. The lowest BCUT2D eigenvalue weighted by atomic mass is 10.0. The van der Waals surface area contributed by atoms with E-state index in [2.05, 4.69) is 13.8 Å². The van der Waals surface area contributed by atoms with Crippen LogP contribution in [0.25, 0.3) is 0 Å². The van der Waals surface area contributed by atoms with Crippen molar-refractivity contribution in [2.24, 2.45) is 0 Å². The van der Waals surface area contributed by atoms with Crippen molar-refractivity contribution >= 4 is 10.1 Å². The molecule has 2 atom stereocenters. The zero-order valence-corrected chi connectivity index (χ0v) is 20.2. The fraction of sp³-hybridized carbons (Fsp3) is 1.00. The Kier molecular flexibility index (Phi) is 19.7. The lowest BCUT2D eigenvalue weighted by Gasteiger charge is -2.14. The molecule has 0 aliphatic rings. The summed E-state index contributed by atoms with van der Waals surface area (Å²) in [4.78, 5) is 0. The van der Waals surface area contributed by atoms with Gasteiger partial charge in [0, 0.05) is 0 Å². The van der Waals surface area contributed by atoms with Crippen molar-refractivity contribution in [2.45, 2.75) is 154 Å². The molecule has 0 aromatic carbocycles. The lowest BCUT2D eigenvalue weighted by Crippen LogP contribution is -2.20. The molecule has 5 heteroatoms. The molecule has 0 rings (SSSR count). The highest BCUT2D eigenvalue weighted by Crippen LogP contribution is 2.19. The van der Waals surface area contributed by atoms with Crippen LogP contribution in [0.3, 0.4) is 0 Å². The summed E-state index contributed by atoms with van der Waals surface area (Å²) in [5, 5.41) is 9.45. The van der Waals surface area contributed by atoms with Crippen LogP contribution >= 0.6 is 0 Å². The number of aliphatic hydroxyl groups excluding tert-OH is 1. The molecule has 0 saturated heterocycles. The fourth-order valence-electron chi connectivity index (χ4n) is 4.00. The molecule has 0 aromatic rings. The Labute approximate surface area is 182 Å². The molecule has 2 unspecified atom stereocenters. The average Bonchev–Trinajstić information content (AvgIpc) is 2.67. The average molecular weight is 435 g/mol. The van der Waals surface area contributed by atoms with E-state index in [0.29, 0.717) is 12.8 Å². The van der Waals surface area contributed by atoms with Crippen molar-refractivity contribution < 1.29 is 18.1 Å². The Balaban J connectivity index is 3.69. The molecular weight excluding hydrogens is 384 g/mol. The van der Waals surface area contributed by atoms with Gasteiger partial charge in [-0.1, -0.05) is 117 Å². The maximum Gasteiger partial charge on any atom is 0.267 e. The van der Waals surface area contributed by atoms with Gasteiger partial charge in [-0.15, -0.1) is 0 Å². The predicted molar refractivity (Wildman–Crippen MR) is 125 cm³/mol. The highest BCUT2D eigenvalue weighted by Gasteiger charge is 2.21. The standard InChI is InChI=1S/C24H50O4S/c1-3-5-7-9-13-17-21-24(29(26,27)28)22-18-14-10-12-16-20-23(25)19-15-11-8-6-4-2/h23-25H,3-22H2,1-2H3,(H,26,27,28). The van der Waals surface area contributed by atoms with Gasteiger partial charge in [-0.3, -0.25) is 4.55 Å². The summed E-state index contributed by atoms with van der Waals surface area (Å²) in [6.07, 6.45) is 20.9. The zero-order chi connectivity index (χ0) is 21.8. The van der Waals surface area contributed by atoms with E-state index in [0.717, 1.165) is 70.6 Å². The van der Waals surface area contributed by atoms with E-state index in [1.54, 1.807) is 0 Å². The van der Waals surface area contributed by atoms with E-state index in [4.69, 9.17) is 0 Å². The molecule has 0 aromatic heterocycles. The number of aliphatic hydroxyl groups is 1. The topological polar surface area (TPSA) is 74.6 Å². The third-order valence-corrected chi connectivity index (χ3v) is 7.32. The van der Waals surface area contributed by atoms with Crippen LogP contribution in [0, 0.1) is 0 Å². The molecule has 0 aliphatic carbocycles. The molecule has 0 heterocycles. The first-order valence-electron chi connectivity index (χ1n) is 12.6. The van der Waals surface area contributed by atoms with Crippen molar-refractivity contribution in [2.75, 3.05) is 0 Å². The number of rotatable bonds is 22. The first kappa shape index (κ1) is 28.9. The summed E-state index contributed by atoms with van der Waals surface area (Å²) in [5.74, 6) is 0. The minimum absolute atomic E-state index is 0.155. The van der Waals surface area contributed by atoms with E-state index >= 15 is 0 Å². The number of hydrogen-bond acceptors (Lipinski definition) is 3. The third kappa shape index (κ3) is 19.6. The predicted octanol–water partition coefficient (Wildman–Crippen LogP) is 7.45. The molecule has 0 bridgehead atoms. The normalized spacial score (nSPS) is 14.2. The van der Waals surface area contributed by atoms with Gasteiger partial charge < -0.3 is 5.11 Å². The van der Waals surface area contributed by atoms with Gasteiger partial charge in [0.15, 0.2) is 0 Å². The lowest BCUT2D eigenvalue weighted by molar-refractivity contribution is 0.147. The first-order chi connectivity index (χ1) is 13.9. The van der Waals surface area contributed by atoms with Crippen molar-refractivity contribution in [3.63, 3.8) is 0 Å². The highest BCUT2D eigenvalue weighted by atomic mass is 32.2. The Bertz CT molecular complexity index is 436. The van der Waals surface area contributed by atoms with E-state index in [-0.39, 0.29) is 6.10 Å². The molecule has 0 saturated carbocycles. The van der Waals surface area contributed by atoms with E-state index in [1.807, 2.05) is 0 Å². The van der Waals surface area contributed by atoms with Crippen LogP contribution in [0.1, 0.15) is 142 Å². The van der Waals surface area contributed by atoms with E-state index < -0.39 is 15.4 Å². The minimum atomic E-state index is -3.92. The quantitative estimate of drug-likeness (QED) is 0.137. The van der Waals surface area contributed by atoms with Gasteiger partial charge in [-0.2, -0.15) is 8.42 Å². The summed E-state index contributed by atoms with van der Waals surface area (Å²) in [5.41, 5.74) is 0. The van der Waals surface area contributed by atoms with Crippen LogP contribution < -0.4 is 0 Å². The molecular formula is C24H50O4S. The fourth-order valence-corrected chi connectivity index (χ4v) is 4.93. The van der Waals surface area contributed by atoms with Gasteiger partial charge in [0.2, 0.25) is 0 Å². The van der Waals surface area contributed by atoms with E-state index in [1.165, 1.54) is 44.9 Å². The van der Waals surface area contributed by atoms with Gasteiger partial charge in [0.25, 0.3) is 10.1 Å². The van der Waals surface area contributed by atoms with Crippen LogP contribution in [0.4, 0.5) is 0 Å². The number of unbranched alkanes of at least 4 members (excludes halogenated alkanes) is 13. The molecule has 0 aliphatic heterocycles. The first-order valence-corrected chi connectivity index (χ1v) is 14.1. The smallest absolute Gasteiger partial charge is 0.267 e. The molecule has 2 N–H and O–H groups in total. The molecule has 0 amide bonds. The van der Waals surface area contributed by atoms with Gasteiger partial charge in [-0.25, -0.2) is 0 Å². The maximum atomic E-state index is 11.6. The summed E-state index contributed by atoms with van der Waals surface area (Å²) >= 11 is 0. The van der Waals surface area contributed by atoms with Gasteiger partial charge in [0.05, 0.1) is 11.4 Å². The monoisotopic (exact) mass is 434 g/mol. The van der Waals surface area contributed by atoms with Crippen LogP contribution in [0.2, 0.25) is 0 Å². The van der Waals surface area contributed by atoms with E-state index in [9.17, 15) is 18.1 Å². The largest absolute Gasteiger partial charge is 0.393 e. The number of hydrogen-bond donors (Lipinski definition) is 2. The Morgan fingerprint density at radius 2 is 0.862 bits per heavy atom. The molecule has 176 valence electrons. The van der Waals surface area contributed by atoms with Gasteiger partial charge >= 0.3 is 0 Å². The summed E-state index contributed by atoms with van der Waals surface area (Å²) < 4.78 is 32.7. The molecule has 29 heavy (non-hydrogen) atoms. The molecule has 0 radical (unpaired) electrons. The highest BCUT2D eigenvalue weighted by molar-refractivity contribution is 7.86. The Hall–Kier alpha value is -0.130. The Morgan fingerprint density at radius 1 is 0.552 bits per heavy atom. The second kappa shape index (κ2) is 19.8. The second-order valence-electron chi connectivity index (χ2n) is 8.90. The summed E-state index contributed by atoms with van der Waals surface area (Å²) in [7, 11) is -3.92. The molecule has 0 spiro atoms. The van der Waals surface area contributed by atoms with Crippen LogP contribution in [-0.4, -0.2) is 29.4 Å². The third-order valence-electron chi connectivity index (χ3n) is 6.01. The second-order valence-corrected chi connectivity index (χ2v) is 10.6. The van der Waals surface area contributed by atoms with Crippen molar-refractivity contribution in [1.82, 2.24) is 0 Å². The van der Waals surface area contributed by atoms with Gasteiger partial charge in [-0.05, 0) is 25.7 Å². The zero-order valence-electron chi connectivity index (χ0n) is 19.4.